The van der Waals surface area contributed by atoms with E-state index in [1.165, 1.54) is 30.4 Å². The van der Waals surface area contributed by atoms with E-state index in [2.05, 4.69) is 35.1 Å². The topological polar surface area (TPSA) is 30.5 Å². The molecule has 21 heavy (non-hydrogen) atoms. The lowest BCUT2D eigenvalue weighted by Gasteiger charge is -2.27. The monoisotopic (exact) mass is 355 g/mol. The van der Waals surface area contributed by atoms with Crippen molar-refractivity contribution in [3.63, 3.8) is 0 Å². The summed E-state index contributed by atoms with van der Waals surface area (Å²) in [5.41, 5.74) is 2.61. The van der Waals surface area contributed by atoms with Crippen molar-refractivity contribution in [3.8, 4) is 11.5 Å². The summed E-state index contributed by atoms with van der Waals surface area (Å²) in [4.78, 5) is 0. The molecule has 1 aliphatic rings. The van der Waals surface area contributed by atoms with E-state index in [9.17, 15) is 0 Å². The Morgan fingerprint density at radius 2 is 2.05 bits per heavy atom. The van der Waals surface area contributed by atoms with Crippen molar-refractivity contribution in [3.05, 3.63) is 21.7 Å². The number of hydrogen-bond acceptors (Lipinski definition) is 3. The summed E-state index contributed by atoms with van der Waals surface area (Å²) in [7, 11) is 3.41. The van der Waals surface area contributed by atoms with E-state index in [1.807, 2.05) is 6.07 Å². The molecule has 1 saturated heterocycles. The second-order valence-electron chi connectivity index (χ2n) is 5.99. The Morgan fingerprint density at radius 1 is 1.29 bits per heavy atom. The summed E-state index contributed by atoms with van der Waals surface area (Å²) < 4.78 is 12.3. The van der Waals surface area contributed by atoms with E-state index in [0.29, 0.717) is 12.0 Å². The Morgan fingerprint density at radius 3 is 2.57 bits per heavy atom. The smallest absolute Gasteiger partial charge is 0.164 e. The Bertz CT molecular complexity index is 482. The van der Waals surface area contributed by atoms with E-state index >= 15 is 0 Å². The first-order valence-corrected chi connectivity index (χ1v) is 8.54. The highest BCUT2D eigenvalue weighted by molar-refractivity contribution is 9.10. The van der Waals surface area contributed by atoms with Gasteiger partial charge in [-0.2, -0.15) is 0 Å². The molecule has 1 heterocycles. The molecule has 0 radical (unpaired) electrons. The van der Waals surface area contributed by atoms with E-state index in [0.717, 1.165) is 28.9 Å². The second kappa shape index (κ2) is 7.50. The lowest BCUT2D eigenvalue weighted by Crippen LogP contribution is -2.36. The van der Waals surface area contributed by atoms with Gasteiger partial charge in [0, 0.05) is 16.1 Å². The Labute approximate surface area is 136 Å². The number of hydrogen-bond donors (Lipinski definition) is 1. The van der Waals surface area contributed by atoms with Crippen molar-refractivity contribution in [1.29, 1.82) is 0 Å². The largest absolute Gasteiger partial charge is 0.493 e. The van der Waals surface area contributed by atoms with Gasteiger partial charge in [0.25, 0.3) is 0 Å². The molecule has 4 heteroatoms. The molecule has 2 rings (SSSR count). The maximum absolute atomic E-state index is 5.65. The molecule has 1 unspecified atom stereocenters. The summed E-state index contributed by atoms with van der Waals surface area (Å²) in [6.07, 6.45) is 4.90. The normalized spacial score (nSPS) is 18.9. The van der Waals surface area contributed by atoms with Gasteiger partial charge in [-0.25, -0.2) is 0 Å². The highest BCUT2D eigenvalue weighted by Crippen LogP contribution is 2.42. The number of piperidine rings is 1. The van der Waals surface area contributed by atoms with Crippen LogP contribution in [0.5, 0.6) is 11.5 Å². The molecule has 0 bridgehead atoms. The van der Waals surface area contributed by atoms with Crippen LogP contribution in [0.3, 0.4) is 0 Å². The van der Waals surface area contributed by atoms with Crippen LogP contribution in [-0.2, 0) is 6.42 Å². The van der Waals surface area contributed by atoms with Crippen LogP contribution in [0.1, 0.15) is 50.2 Å². The number of methoxy groups -OCH3 is 2. The van der Waals surface area contributed by atoms with Crippen molar-refractivity contribution in [2.24, 2.45) is 0 Å². The highest BCUT2D eigenvalue weighted by Gasteiger charge is 2.23. The van der Waals surface area contributed by atoms with Crippen LogP contribution in [0.2, 0.25) is 0 Å². The Balaban J connectivity index is 2.42. The van der Waals surface area contributed by atoms with E-state index in [4.69, 9.17) is 9.47 Å². The van der Waals surface area contributed by atoms with Crippen LogP contribution in [0.15, 0.2) is 10.5 Å². The molecule has 0 aliphatic carbocycles. The highest BCUT2D eigenvalue weighted by atomic mass is 79.9. The zero-order valence-corrected chi connectivity index (χ0v) is 15.0. The van der Waals surface area contributed by atoms with Gasteiger partial charge in [-0.1, -0.05) is 36.2 Å². The molecule has 0 aromatic heterocycles. The average molecular weight is 356 g/mol. The summed E-state index contributed by atoms with van der Waals surface area (Å²) in [5.74, 6) is 2.07. The van der Waals surface area contributed by atoms with Crippen LogP contribution in [0.4, 0.5) is 0 Å². The summed E-state index contributed by atoms with van der Waals surface area (Å²) in [6.45, 7) is 5.55. The molecule has 3 nitrogen and oxygen atoms in total. The number of nitrogens with one attached hydrogen (secondary N) is 1. The van der Waals surface area contributed by atoms with E-state index < -0.39 is 0 Å². The second-order valence-corrected chi connectivity index (χ2v) is 6.85. The molecule has 1 aromatic carbocycles. The first kappa shape index (κ1) is 16.6. The molecule has 0 spiro atoms. The fraction of sp³-hybridized carbons (Fsp3) is 0.647. The predicted octanol–water partition coefficient (Wildman–Crippen LogP) is 4.27. The molecule has 0 amide bonds. The minimum absolute atomic E-state index is 0.393. The Kier molecular flexibility index (Phi) is 5.94. The standard InChI is InChI=1S/C17H26BrNO2/c1-11(2)16-13(9-12-7-5-6-8-19-12)14(18)10-15(20-3)17(16)21-4/h10-12,19H,5-9H2,1-4H3. The van der Waals surface area contributed by atoms with Crippen molar-refractivity contribution < 1.29 is 9.47 Å². The third-order valence-corrected chi connectivity index (χ3v) is 4.91. The number of halogens is 1. The zero-order chi connectivity index (χ0) is 15.4. The predicted molar refractivity (Wildman–Crippen MR) is 90.7 cm³/mol. The fourth-order valence-corrected chi connectivity index (χ4v) is 3.77. The third-order valence-electron chi connectivity index (χ3n) is 4.20. The Hall–Kier alpha value is -0.740. The number of benzene rings is 1. The van der Waals surface area contributed by atoms with Gasteiger partial charge in [-0.3, -0.25) is 0 Å². The number of ether oxygens (including phenoxy) is 2. The minimum Gasteiger partial charge on any atom is -0.493 e. The van der Waals surface area contributed by atoms with Gasteiger partial charge in [-0.05, 0) is 43.4 Å². The maximum atomic E-state index is 5.65. The van der Waals surface area contributed by atoms with E-state index in [1.54, 1.807) is 14.2 Å². The van der Waals surface area contributed by atoms with Crippen LogP contribution in [0, 0.1) is 0 Å². The van der Waals surface area contributed by atoms with Crippen LogP contribution in [0.25, 0.3) is 0 Å². The van der Waals surface area contributed by atoms with Gasteiger partial charge in [0.1, 0.15) is 0 Å². The molecule has 118 valence electrons. The minimum atomic E-state index is 0.393. The molecule has 1 fully saturated rings. The van der Waals surface area contributed by atoms with Gasteiger partial charge < -0.3 is 14.8 Å². The lowest BCUT2D eigenvalue weighted by atomic mass is 9.89. The molecule has 1 atom stereocenters. The molecular weight excluding hydrogens is 330 g/mol. The third kappa shape index (κ3) is 3.72. The van der Waals surface area contributed by atoms with Crippen LogP contribution in [-0.4, -0.2) is 26.8 Å². The zero-order valence-electron chi connectivity index (χ0n) is 13.5. The van der Waals surface area contributed by atoms with Crippen molar-refractivity contribution in [2.75, 3.05) is 20.8 Å². The van der Waals surface area contributed by atoms with Crippen LogP contribution >= 0.6 is 15.9 Å². The first-order valence-electron chi connectivity index (χ1n) is 7.75. The van der Waals surface area contributed by atoms with Crippen molar-refractivity contribution >= 4 is 15.9 Å². The molecule has 1 aliphatic heterocycles. The maximum Gasteiger partial charge on any atom is 0.164 e. The molecule has 0 saturated carbocycles. The first-order chi connectivity index (χ1) is 10.1. The van der Waals surface area contributed by atoms with Crippen molar-refractivity contribution in [1.82, 2.24) is 5.32 Å². The van der Waals surface area contributed by atoms with E-state index in [-0.39, 0.29) is 0 Å². The lowest BCUT2D eigenvalue weighted by molar-refractivity contribution is 0.348. The van der Waals surface area contributed by atoms with Gasteiger partial charge in [0.15, 0.2) is 11.5 Å². The SMILES string of the molecule is COc1cc(Br)c(CC2CCCCN2)c(C(C)C)c1OC. The van der Waals surface area contributed by atoms with Gasteiger partial charge >= 0.3 is 0 Å². The molecule has 1 N–H and O–H groups in total. The summed E-state index contributed by atoms with van der Waals surface area (Å²) >= 11 is 3.73. The van der Waals surface area contributed by atoms with Gasteiger partial charge in [0.05, 0.1) is 14.2 Å². The average Bonchev–Trinajstić information content (AvgIpc) is 2.49. The van der Waals surface area contributed by atoms with Crippen LogP contribution < -0.4 is 14.8 Å². The summed E-state index contributed by atoms with van der Waals surface area (Å²) in [5, 5.41) is 3.63. The van der Waals surface area contributed by atoms with Gasteiger partial charge in [-0.15, -0.1) is 0 Å². The molecular formula is C17H26BrNO2. The quantitative estimate of drug-likeness (QED) is 0.855. The fourth-order valence-electron chi connectivity index (χ4n) is 3.19. The molecule has 1 aromatic rings. The van der Waals surface area contributed by atoms with Gasteiger partial charge in [0.2, 0.25) is 0 Å². The van der Waals surface area contributed by atoms with Crippen molar-refractivity contribution in [2.45, 2.75) is 51.5 Å². The summed E-state index contributed by atoms with van der Waals surface area (Å²) in [6, 6.07) is 2.59. The number of rotatable bonds is 5.